The summed E-state index contributed by atoms with van der Waals surface area (Å²) in [5, 5.41) is 6.57. The van der Waals surface area contributed by atoms with E-state index in [-0.39, 0.29) is 9.63 Å². The maximum absolute atomic E-state index is 11.8. The van der Waals surface area contributed by atoms with E-state index in [9.17, 15) is 17.2 Å². The van der Waals surface area contributed by atoms with E-state index in [0.717, 1.165) is 4.68 Å². The summed E-state index contributed by atoms with van der Waals surface area (Å²) in [4.78, 5) is 0. The highest BCUT2D eigenvalue weighted by molar-refractivity contribution is 9.10. The Bertz CT molecular complexity index is 426. The van der Waals surface area contributed by atoms with Gasteiger partial charge >= 0.3 is 0 Å². The average Bonchev–Trinajstić information content (AvgIpc) is 2.43. The summed E-state index contributed by atoms with van der Waals surface area (Å²) >= 11 is 2.86. The molecule has 0 atom stereocenters. The average molecular weight is 305 g/mol. The molecule has 6 nitrogen and oxygen atoms in total. The first-order chi connectivity index (χ1) is 6.84. The van der Waals surface area contributed by atoms with E-state index < -0.39 is 23.0 Å². The smallest absolute Gasteiger partial charge is 0.235 e. The van der Waals surface area contributed by atoms with Crippen LogP contribution in [0.1, 0.15) is 0 Å². The molecular weight excluding hydrogens is 298 g/mol. The second-order valence-corrected chi connectivity index (χ2v) is 4.99. The third-order valence-corrected chi connectivity index (χ3v) is 3.73. The van der Waals surface area contributed by atoms with E-state index in [1.807, 2.05) is 0 Å². The van der Waals surface area contributed by atoms with Crippen molar-refractivity contribution >= 4 is 26.0 Å². The van der Waals surface area contributed by atoms with Gasteiger partial charge in [0.1, 0.15) is 0 Å². The van der Waals surface area contributed by atoms with Crippen LogP contribution in [0.2, 0.25) is 0 Å². The van der Waals surface area contributed by atoms with E-state index in [1.54, 1.807) is 4.72 Å². The Hall–Kier alpha value is -0.610. The van der Waals surface area contributed by atoms with Crippen LogP contribution >= 0.6 is 15.9 Å². The van der Waals surface area contributed by atoms with Crippen LogP contribution in [-0.2, 0) is 17.1 Å². The molecule has 0 saturated heterocycles. The zero-order chi connectivity index (χ0) is 11.6. The molecule has 0 saturated carbocycles. The summed E-state index contributed by atoms with van der Waals surface area (Å²) in [5.74, 6) is 0. The molecule has 15 heavy (non-hydrogen) atoms. The summed E-state index contributed by atoms with van der Waals surface area (Å²) < 4.78 is 49.3. The van der Waals surface area contributed by atoms with Crippen molar-refractivity contribution in [3.8, 4) is 0 Å². The van der Waals surface area contributed by atoms with E-state index in [4.69, 9.17) is 0 Å². The van der Waals surface area contributed by atoms with Crippen LogP contribution in [0.15, 0.2) is 9.63 Å². The number of sulfonamides is 1. The fraction of sp³-hybridized carbons (Fsp3) is 0.600. The molecule has 0 aliphatic heterocycles. The van der Waals surface area contributed by atoms with Crippen LogP contribution in [-0.4, -0.2) is 36.4 Å². The molecule has 10 heteroatoms. The third kappa shape index (κ3) is 2.92. The molecular formula is C5H7BrF2N4O2S. The Morgan fingerprint density at radius 3 is 2.60 bits per heavy atom. The van der Waals surface area contributed by atoms with Crippen molar-refractivity contribution in [1.29, 1.82) is 0 Å². The number of aryl methyl sites for hydroxylation is 1. The van der Waals surface area contributed by atoms with Gasteiger partial charge in [-0.25, -0.2) is 26.6 Å². The second kappa shape index (κ2) is 4.49. The first kappa shape index (κ1) is 12.5. The molecule has 86 valence electrons. The number of nitrogens with zero attached hydrogens (tertiary/aromatic N) is 3. The van der Waals surface area contributed by atoms with E-state index in [2.05, 4.69) is 26.2 Å². The van der Waals surface area contributed by atoms with Gasteiger partial charge < -0.3 is 0 Å². The number of aromatic nitrogens is 3. The molecule has 1 heterocycles. The minimum atomic E-state index is -4.01. The molecule has 0 spiro atoms. The number of rotatable bonds is 4. The largest absolute Gasteiger partial charge is 0.260 e. The summed E-state index contributed by atoms with van der Waals surface area (Å²) in [7, 11) is -2.67. The van der Waals surface area contributed by atoms with Gasteiger partial charge in [0.2, 0.25) is 5.03 Å². The van der Waals surface area contributed by atoms with Gasteiger partial charge in [-0.3, -0.25) is 0 Å². The van der Waals surface area contributed by atoms with Crippen molar-refractivity contribution in [2.45, 2.75) is 11.5 Å². The first-order valence-corrected chi connectivity index (χ1v) is 5.95. The highest BCUT2D eigenvalue weighted by Crippen LogP contribution is 2.17. The monoisotopic (exact) mass is 304 g/mol. The maximum atomic E-state index is 11.8. The second-order valence-electron chi connectivity index (χ2n) is 2.55. The van der Waals surface area contributed by atoms with Gasteiger partial charge in [0.05, 0.1) is 6.54 Å². The van der Waals surface area contributed by atoms with E-state index >= 15 is 0 Å². The fourth-order valence-corrected chi connectivity index (χ4v) is 2.95. The molecule has 1 rings (SSSR count). The lowest BCUT2D eigenvalue weighted by atomic mass is 10.7. The van der Waals surface area contributed by atoms with Crippen molar-refractivity contribution < 1.29 is 17.2 Å². The van der Waals surface area contributed by atoms with Crippen molar-refractivity contribution in [3.05, 3.63) is 4.60 Å². The zero-order valence-electron chi connectivity index (χ0n) is 7.48. The molecule has 0 aromatic carbocycles. The van der Waals surface area contributed by atoms with Gasteiger partial charge in [0.25, 0.3) is 16.4 Å². The molecule has 0 aliphatic carbocycles. The SMILES string of the molecule is Cn1nnc(Br)c1S(=O)(=O)NCC(F)F. The standard InChI is InChI=1S/C5H7BrF2N4O2S/c1-12-5(4(6)10-11-12)15(13,14)9-2-3(7)8/h3,9H,2H2,1H3. The van der Waals surface area contributed by atoms with Gasteiger partial charge in [-0.1, -0.05) is 5.21 Å². The number of hydrogen-bond acceptors (Lipinski definition) is 4. The van der Waals surface area contributed by atoms with Gasteiger partial charge in [-0.05, 0) is 15.9 Å². The highest BCUT2D eigenvalue weighted by Gasteiger charge is 2.24. The molecule has 0 unspecified atom stereocenters. The Balaban J connectivity index is 2.96. The van der Waals surface area contributed by atoms with Crippen LogP contribution < -0.4 is 4.72 Å². The lowest BCUT2D eigenvalue weighted by Gasteiger charge is -2.05. The molecule has 0 bridgehead atoms. The summed E-state index contributed by atoms with van der Waals surface area (Å²) in [5.41, 5.74) is 0. The third-order valence-electron chi connectivity index (χ3n) is 1.42. The first-order valence-electron chi connectivity index (χ1n) is 3.67. The predicted molar refractivity (Wildman–Crippen MR) is 49.9 cm³/mol. The minimum absolute atomic E-state index is 0.0215. The number of hydrogen-bond donors (Lipinski definition) is 1. The quantitative estimate of drug-likeness (QED) is 0.857. The molecule has 0 fully saturated rings. The number of alkyl halides is 2. The molecule has 0 radical (unpaired) electrons. The highest BCUT2D eigenvalue weighted by atomic mass is 79.9. The summed E-state index contributed by atoms with van der Waals surface area (Å²) in [6, 6.07) is 0. The van der Waals surface area contributed by atoms with E-state index in [0.29, 0.717) is 0 Å². The lowest BCUT2D eigenvalue weighted by molar-refractivity contribution is 0.153. The molecule has 1 aromatic heterocycles. The Kier molecular flexibility index (Phi) is 3.73. The summed E-state index contributed by atoms with van der Waals surface area (Å²) in [6.45, 7) is -0.944. The van der Waals surface area contributed by atoms with E-state index in [1.165, 1.54) is 7.05 Å². The fourth-order valence-electron chi connectivity index (χ4n) is 0.849. The molecule has 1 N–H and O–H groups in total. The van der Waals surface area contributed by atoms with Gasteiger partial charge in [-0.15, -0.1) is 5.10 Å². The van der Waals surface area contributed by atoms with Crippen LogP contribution in [0.3, 0.4) is 0 Å². The van der Waals surface area contributed by atoms with Crippen molar-refractivity contribution in [2.24, 2.45) is 7.05 Å². The predicted octanol–water partition coefficient (Wildman–Crippen LogP) is 0.121. The Labute approximate surface area is 92.8 Å². The van der Waals surface area contributed by atoms with Crippen molar-refractivity contribution in [2.75, 3.05) is 6.54 Å². The lowest BCUT2D eigenvalue weighted by Crippen LogP contribution is -2.30. The molecule has 0 amide bonds. The normalized spacial score (nSPS) is 12.3. The zero-order valence-corrected chi connectivity index (χ0v) is 9.89. The minimum Gasteiger partial charge on any atom is -0.235 e. The van der Waals surface area contributed by atoms with Crippen molar-refractivity contribution in [3.63, 3.8) is 0 Å². The van der Waals surface area contributed by atoms with Crippen molar-refractivity contribution in [1.82, 2.24) is 19.7 Å². The van der Waals surface area contributed by atoms with Crippen LogP contribution in [0.5, 0.6) is 0 Å². The molecule has 0 aliphatic rings. The van der Waals surface area contributed by atoms with Gasteiger partial charge in [0, 0.05) is 7.05 Å². The van der Waals surface area contributed by atoms with Gasteiger partial charge in [0.15, 0.2) is 4.60 Å². The summed E-state index contributed by atoms with van der Waals surface area (Å²) in [6.07, 6.45) is -2.75. The number of halogens is 3. The Morgan fingerprint density at radius 1 is 1.60 bits per heavy atom. The van der Waals surface area contributed by atoms with Crippen LogP contribution in [0.4, 0.5) is 8.78 Å². The Morgan fingerprint density at radius 2 is 2.20 bits per heavy atom. The van der Waals surface area contributed by atoms with Crippen LogP contribution in [0, 0.1) is 0 Å². The van der Waals surface area contributed by atoms with Gasteiger partial charge in [-0.2, -0.15) is 0 Å². The van der Waals surface area contributed by atoms with Crippen LogP contribution in [0.25, 0.3) is 0 Å². The maximum Gasteiger partial charge on any atom is 0.260 e. The number of nitrogens with one attached hydrogen (secondary N) is 1. The molecule has 1 aromatic rings. The topological polar surface area (TPSA) is 76.9 Å².